The van der Waals surface area contributed by atoms with Gasteiger partial charge in [-0.2, -0.15) is 0 Å². The quantitative estimate of drug-likeness (QED) is 0.808. The number of likely N-dealkylation sites (tertiary alicyclic amines) is 1. The largest absolute Gasteiger partial charge is 0.393 e. The lowest BCUT2D eigenvalue weighted by molar-refractivity contribution is -0.0142. The van der Waals surface area contributed by atoms with Gasteiger partial charge < -0.3 is 19.8 Å². The molecule has 0 spiro atoms. The third-order valence-electron chi connectivity index (χ3n) is 4.34. The summed E-state index contributed by atoms with van der Waals surface area (Å²) in [5, 5.41) is 20.4. The van der Waals surface area contributed by atoms with E-state index in [-0.39, 0.29) is 12.2 Å². The van der Waals surface area contributed by atoms with E-state index in [0.29, 0.717) is 24.1 Å². The Kier molecular flexibility index (Phi) is 6.66. The van der Waals surface area contributed by atoms with Crippen molar-refractivity contribution < 1.29 is 14.9 Å². The summed E-state index contributed by atoms with van der Waals surface area (Å²) in [6.07, 6.45) is 0.133. The number of halogens is 1. The van der Waals surface area contributed by atoms with Gasteiger partial charge in [-0.05, 0) is 50.4 Å². The van der Waals surface area contributed by atoms with Gasteiger partial charge >= 0.3 is 0 Å². The predicted molar refractivity (Wildman–Crippen MR) is 88.1 cm³/mol. The van der Waals surface area contributed by atoms with Crippen molar-refractivity contribution in [1.29, 1.82) is 0 Å². The zero-order chi connectivity index (χ0) is 16.1. The Morgan fingerprint density at radius 2 is 1.95 bits per heavy atom. The molecule has 4 atom stereocenters. The third kappa shape index (κ3) is 5.21. The minimum Gasteiger partial charge on any atom is -0.393 e. The minimum absolute atomic E-state index is 0.0734. The van der Waals surface area contributed by atoms with Gasteiger partial charge in [0, 0.05) is 18.1 Å². The van der Waals surface area contributed by atoms with Crippen LogP contribution in [-0.2, 0) is 4.74 Å². The first kappa shape index (κ1) is 17.7. The van der Waals surface area contributed by atoms with Crippen molar-refractivity contribution in [3.63, 3.8) is 0 Å². The smallest absolute Gasteiger partial charge is 0.0900 e. The van der Waals surface area contributed by atoms with Crippen LogP contribution < -0.4 is 0 Å². The van der Waals surface area contributed by atoms with Crippen LogP contribution in [-0.4, -0.2) is 53.6 Å². The van der Waals surface area contributed by atoms with Crippen LogP contribution >= 0.6 is 11.6 Å². The molecule has 1 fully saturated rings. The molecule has 4 unspecified atom stereocenters. The number of aliphatic hydroxyl groups is 2. The van der Waals surface area contributed by atoms with E-state index in [0.717, 1.165) is 25.1 Å². The zero-order valence-corrected chi connectivity index (χ0v) is 14.0. The molecule has 1 aliphatic rings. The van der Waals surface area contributed by atoms with Crippen molar-refractivity contribution in [2.24, 2.45) is 5.92 Å². The van der Waals surface area contributed by atoms with Crippen molar-refractivity contribution in [2.75, 3.05) is 26.2 Å². The molecule has 2 rings (SSSR count). The Morgan fingerprint density at radius 1 is 1.27 bits per heavy atom. The maximum absolute atomic E-state index is 10.1. The second-order valence-corrected chi connectivity index (χ2v) is 6.67. The second-order valence-electron chi connectivity index (χ2n) is 6.23. The van der Waals surface area contributed by atoms with Crippen LogP contribution in [0.25, 0.3) is 0 Å². The van der Waals surface area contributed by atoms with Crippen molar-refractivity contribution in [3.05, 3.63) is 34.9 Å². The molecule has 0 radical (unpaired) electrons. The first-order chi connectivity index (χ1) is 10.5. The average molecular weight is 328 g/mol. The highest BCUT2D eigenvalue weighted by Gasteiger charge is 2.27. The molecular formula is C17H26ClNO3. The van der Waals surface area contributed by atoms with Crippen molar-refractivity contribution in [1.82, 2.24) is 4.90 Å². The summed E-state index contributed by atoms with van der Waals surface area (Å²) in [5.74, 6) is 0.320. The highest BCUT2D eigenvalue weighted by molar-refractivity contribution is 6.30. The summed E-state index contributed by atoms with van der Waals surface area (Å²) in [4.78, 5) is 2.19. The van der Waals surface area contributed by atoms with Gasteiger partial charge in [-0.1, -0.05) is 23.7 Å². The molecule has 1 heterocycles. The molecule has 124 valence electrons. The monoisotopic (exact) mass is 327 g/mol. The van der Waals surface area contributed by atoms with Gasteiger partial charge in [-0.15, -0.1) is 0 Å². The zero-order valence-electron chi connectivity index (χ0n) is 13.3. The van der Waals surface area contributed by atoms with Crippen LogP contribution in [0.5, 0.6) is 0 Å². The summed E-state index contributed by atoms with van der Waals surface area (Å²) in [6.45, 7) is 6.48. The summed E-state index contributed by atoms with van der Waals surface area (Å²) in [5.41, 5.74) is 1.05. The Labute approximate surface area is 137 Å². The van der Waals surface area contributed by atoms with Crippen molar-refractivity contribution in [3.8, 4) is 0 Å². The molecule has 0 aromatic heterocycles. The van der Waals surface area contributed by atoms with E-state index in [4.69, 9.17) is 16.3 Å². The fourth-order valence-electron chi connectivity index (χ4n) is 2.86. The first-order valence-electron chi connectivity index (χ1n) is 7.91. The summed E-state index contributed by atoms with van der Waals surface area (Å²) < 4.78 is 5.75. The van der Waals surface area contributed by atoms with Crippen LogP contribution in [0.4, 0.5) is 0 Å². The maximum atomic E-state index is 10.1. The molecule has 1 aromatic carbocycles. The van der Waals surface area contributed by atoms with Crippen LogP contribution in [0.2, 0.25) is 5.02 Å². The van der Waals surface area contributed by atoms with Gasteiger partial charge in [-0.3, -0.25) is 0 Å². The number of β-amino-alcohol motifs (C(OH)–C–C–N with tert-alkyl or cyclic N) is 1. The van der Waals surface area contributed by atoms with Crippen LogP contribution in [0, 0.1) is 5.92 Å². The van der Waals surface area contributed by atoms with Gasteiger partial charge in [0.05, 0.1) is 24.9 Å². The van der Waals surface area contributed by atoms with Gasteiger partial charge in [0.15, 0.2) is 0 Å². The normalized spacial score (nSPS) is 23.4. The maximum Gasteiger partial charge on any atom is 0.0900 e. The van der Waals surface area contributed by atoms with Crippen molar-refractivity contribution in [2.45, 2.75) is 38.6 Å². The Hall–Kier alpha value is -0.650. The van der Waals surface area contributed by atoms with E-state index >= 15 is 0 Å². The molecule has 1 saturated heterocycles. The molecule has 0 amide bonds. The fourth-order valence-corrected chi connectivity index (χ4v) is 2.98. The van der Waals surface area contributed by atoms with Gasteiger partial charge in [0.1, 0.15) is 0 Å². The number of hydrogen-bond acceptors (Lipinski definition) is 4. The standard InChI is InChI=1S/C17H26ClNO3/c1-12(20)15-7-8-19(9-15)10-17(21)11-22-13(2)14-3-5-16(18)6-4-14/h3-6,12-13,15,17,20-21H,7-11H2,1-2H3. The highest BCUT2D eigenvalue weighted by atomic mass is 35.5. The molecule has 0 aliphatic carbocycles. The lowest BCUT2D eigenvalue weighted by Crippen LogP contribution is -2.34. The predicted octanol–water partition coefficient (Wildman–Crippen LogP) is 2.48. The Bertz CT molecular complexity index is 452. The van der Waals surface area contributed by atoms with E-state index in [1.54, 1.807) is 0 Å². The van der Waals surface area contributed by atoms with E-state index in [1.165, 1.54) is 0 Å². The lowest BCUT2D eigenvalue weighted by atomic mass is 10.0. The Morgan fingerprint density at radius 3 is 2.55 bits per heavy atom. The SMILES string of the molecule is CC(OCC(O)CN1CCC(C(C)O)C1)c1ccc(Cl)cc1. The fraction of sp³-hybridized carbons (Fsp3) is 0.647. The third-order valence-corrected chi connectivity index (χ3v) is 4.59. The van der Waals surface area contributed by atoms with Crippen molar-refractivity contribution >= 4 is 11.6 Å². The summed E-state index contributed by atoms with van der Waals surface area (Å²) >= 11 is 5.87. The van der Waals surface area contributed by atoms with E-state index < -0.39 is 6.10 Å². The molecule has 1 aromatic rings. The lowest BCUT2D eigenvalue weighted by Gasteiger charge is -2.22. The average Bonchev–Trinajstić information content (AvgIpc) is 2.94. The number of benzene rings is 1. The van der Waals surface area contributed by atoms with Crippen LogP contribution in [0.1, 0.15) is 31.9 Å². The number of aliphatic hydroxyl groups excluding tert-OH is 2. The molecular weight excluding hydrogens is 302 g/mol. The molecule has 4 nitrogen and oxygen atoms in total. The van der Waals surface area contributed by atoms with Gasteiger partial charge in [-0.25, -0.2) is 0 Å². The van der Waals surface area contributed by atoms with E-state index in [1.807, 2.05) is 38.1 Å². The molecule has 5 heteroatoms. The summed E-state index contributed by atoms with van der Waals surface area (Å²) in [6, 6.07) is 7.56. The van der Waals surface area contributed by atoms with Gasteiger partial charge in [0.2, 0.25) is 0 Å². The summed E-state index contributed by atoms with van der Waals surface area (Å²) in [7, 11) is 0. The number of hydrogen-bond donors (Lipinski definition) is 2. The number of rotatable bonds is 7. The highest BCUT2D eigenvalue weighted by Crippen LogP contribution is 2.21. The molecule has 0 bridgehead atoms. The molecule has 2 N–H and O–H groups in total. The first-order valence-corrected chi connectivity index (χ1v) is 8.29. The van der Waals surface area contributed by atoms with E-state index in [2.05, 4.69) is 4.90 Å². The van der Waals surface area contributed by atoms with Gasteiger partial charge in [0.25, 0.3) is 0 Å². The molecule has 22 heavy (non-hydrogen) atoms. The Balaban J connectivity index is 1.71. The van der Waals surface area contributed by atoms with Crippen LogP contribution in [0.15, 0.2) is 24.3 Å². The second kappa shape index (κ2) is 8.27. The minimum atomic E-state index is -0.512. The number of nitrogens with zero attached hydrogens (tertiary/aromatic N) is 1. The number of ether oxygens (including phenoxy) is 1. The topological polar surface area (TPSA) is 52.9 Å². The van der Waals surface area contributed by atoms with Crippen LogP contribution in [0.3, 0.4) is 0 Å². The van der Waals surface area contributed by atoms with E-state index in [9.17, 15) is 10.2 Å². The molecule has 1 aliphatic heterocycles. The molecule has 0 saturated carbocycles.